The lowest BCUT2D eigenvalue weighted by Crippen LogP contribution is -2.27. The number of H-pyrrole nitrogens is 1. The molecule has 0 spiro atoms. The Hall–Kier alpha value is -3.75. The molecule has 0 fully saturated rings. The van der Waals surface area contributed by atoms with Gasteiger partial charge < -0.3 is 19.8 Å². The van der Waals surface area contributed by atoms with Crippen molar-refractivity contribution in [2.24, 2.45) is 5.92 Å². The third-order valence-corrected chi connectivity index (χ3v) is 5.83. The molecule has 0 saturated heterocycles. The zero-order valence-corrected chi connectivity index (χ0v) is 21.5. The number of halogens is 1. The second-order valence-electron chi connectivity index (χ2n) is 9.59. The summed E-state index contributed by atoms with van der Waals surface area (Å²) in [6.07, 6.45) is 6.51. The van der Waals surface area contributed by atoms with Gasteiger partial charge in [-0.1, -0.05) is 19.9 Å². The van der Waals surface area contributed by atoms with E-state index in [1.165, 1.54) is 17.2 Å². The Kier molecular flexibility index (Phi) is 8.79. The van der Waals surface area contributed by atoms with Crippen LogP contribution in [0.5, 0.6) is 0 Å². The summed E-state index contributed by atoms with van der Waals surface area (Å²) in [7, 11) is 3.35. The Bertz CT molecular complexity index is 1340. The molecule has 0 aromatic carbocycles. The quantitative estimate of drug-likeness (QED) is 0.326. The molecule has 3 aromatic rings. The Balaban J connectivity index is 1.72. The zero-order valence-electron chi connectivity index (χ0n) is 21.5. The van der Waals surface area contributed by atoms with Gasteiger partial charge in [-0.2, -0.15) is 0 Å². The summed E-state index contributed by atoms with van der Waals surface area (Å²) in [6.45, 7) is 6.16. The van der Waals surface area contributed by atoms with Crippen LogP contribution in [0.25, 0.3) is 10.9 Å². The summed E-state index contributed by atoms with van der Waals surface area (Å²) >= 11 is 0. The van der Waals surface area contributed by atoms with E-state index >= 15 is 0 Å². The van der Waals surface area contributed by atoms with Gasteiger partial charge in [0.15, 0.2) is 5.82 Å². The topological polar surface area (TPSA) is 100 Å². The highest BCUT2D eigenvalue weighted by Crippen LogP contribution is 2.23. The summed E-state index contributed by atoms with van der Waals surface area (Å²) in [4.78, 5) is 46.0. The number of aromatic nitrogens is 3. The van der Waals surface area contributed by atoms with Crippen LogP contribution in [0.2, 0.25) is 0 Å². The number of hydrogen-bond acceptors (Lipinski definition) is 4. The number of nitrogens with one attached hydrogen (secondary N) is 2. The average Bonchev–Trinajstić information content (AvgIpc) is 3.25. The highest BCUT2D eigenvalue weighted by molar-refractivity contribution is 5.90. The molecule has 3 rings (SSSR count). The Morgan fingerprint density at radius 1 is 1.28 bits per heavy atom. The first-order valence-electron chi connectivity index (χ1n) is 12.1. The molecule has 3 heterocycles. The van der Waals surface area contributed by atoms with E-state index in [9.17, 15) is 18.8 Å². The number of allylic oxidation sites excluding steroid dienone is 1. The number of aryl methyl sites for hydroxylation is 1. The van der Waals surface area contributed by atoms with E-state index in [0.717, 1.165) is 5.69 Å². The summed E-state index contributed by atoms with van der Waals surface area (Å²) in [5.41, 5.74) is 2.68. The maximum Gasteiger partial charge on any atom is 0.274 e. The molecule has 0 atom stereocenters. The molecule has 0 aliphatic rings. The van der Waals surface area contributed by atoms with Gasteiger partial charge in [0.05, 0.1) is 24.0 Å². The molecule has 2 amide bonds. The van der Waals surface area contributed by atoms with Crippen molar-refractivity contribution in [3.63, 3.8) is 0 Å². The molecule has 8 nitrogen and oxygen atoms in total. The smallest absolute Gasteiger partial charge is 0.274 e. The van der Waals surface area contributed by atoms with Crippen LogP contribution in [0.4, 0.5) is 10.1 Å². The van der Waals surface area contributed by atoms with Gasteiger partial charge in [-0.15, -0.1) is 0 Å². The first-order valence-corrected chi connectivity index (χ1v) is 12.1. The SMILES string of the molecule is Cc1ccc(NC(=O)CCC/C=C/C(=O)N(C)C)c(=O)n1Cc1cc2c(F)cnc(CC(C)C)c2[nH]1. The minimum Gasteiger partial charge on any atom is -0.355 e. The number of likely N-dealkylation sites (N-methyl/N-ethyl adjacent to an activating group) is 1. The summed E-state index contributed by atoms with van der Waals surface area (Å²) < 4.78 is 16.0. The maximum atomic E-state index is 14.4. The number of carbonyl (C=O) groups is 2. The molecular weight excluding hydrogens is 461 g/mol. The average molecular weight is 496 g/mol. The van der Waals surface area contributed by atoms with E-state index in [-0.39, 0.29) is 36.0 Å². The van der Waals surface area contributed by atoms with Crippen molar-refractivity contribution < 1.29 is 14.0 Å². The number of hydrogen-bond donors (Lipinski definition) is 2. The Labute approximate surface area is 210 Å². The minimum atomic E-state index is -0.411. The molecule has 0 radical (unpaired) electrons. The number of anilines is 1. The molecule has 0 aliphatic heterocycles. The second kappa shape index (κ2) is 11.8. The van der Waals surface area contributed by atoms with E-state index in [1.807, 2.05) is 6.92 Å². The molecule has 2 N–H and O–H groups in total. The fourth-order valence-corrected chi connectivity index (χ4v) is 3.88. The van der Waals surface area contributed by atoms with Crippen LogP contribution < -0.4 is 10.9 Å². The number of aromatic amines is 1. The van der Waals surface area contributed by atoms with Crippen molar-refractivity contribution in [2.75, 3.05) is 19.4 Å². The van der Waals surface area contributed by atoms with Crippen molar-refractivity contribution in [1.29, 1.82) is 0 Å². The van der Waals surface area contributed by atoms with Crippen LogP contribution in [-0.4, -0.2) is 45.3 Å². The summed E-state index contributed by atoms with van der Waals surface area (Å²) in [6, 6.07) is 5.07. The summed E-state index contributed by atoms with van der Waals surface area (Å²) in [5, 5.41) is 3.15. The highest BCUT2D eigenvalue weighted by atomic mass is 19.1. The van der Waals surface area contributed by atoms with Crippen molar-refractivity contribution >= 4 is 28.4 Å². The normalized spacial score (nSPS) is 11.5. The standard InChI is InChI=1S/C27H34FN5O3/c1-17(2)13-23-26-20(21(28)15-29-23)14-19(30-26)16-33-18(3)11-12-22(27(33)36)31-24(34)9-7-6-8-10-25(35)32(4)5/h8,10-12,14-15,17,30H,6-7,9,13,16H2,1-5H3,(H,31,34)/b10-8+. The lowest BCUT2D eigenvalue weighted by atomic mass is 10.1. The predicted octanol–water partition coefficient (Wildman–Crippen LogP) is 4.17. The Morgan fingerprint density at radius 3 is 2.72 bits per heavy atom. The fourth-order valence-electron chi connectivity index (χ4n) is 3.88. The van der Waals surface area contributed by atoms with Crippen LogP contribution >= 0.6 is 0 Å². The number of fused-ring (bicyclic) bond motifs is 1. The third-order valence-electron chi connectivity index (χ3n) is 5.83. The van der Waals surface area contributed by atoms with Crippen molar-refractivity contribution in [1.82, 2.24) is 19.4 Å². The molecule has 0 bridgehead atoms. The second-order valence-corrected chi connectivity index (χ2v) is 9.59. The molecule has 0 saturated carbocycles. The van der Waals surface area contributed by atoms with E-state index in [4.69, 9.17) is 0 Å². The van der Waals surface area contributed by atoms with Gasteiger partial charge in [-0.3, -0.25) is 19.4 Å². The van der Waals surface area contributed by atoms with Gasteiger partial charge in [0.1, 0.15) is 5.69 Å². The number of pyridine rings is 2. The molecule has 192 valence electrons. The first kappa shape index (κ1) is 26.8. The van der Waals surface area contributed by atoms with Gasteiger partial charge in [-0.25, -0.2) is 4.39 Å². The molecule has 36 heavy (non-hydrogen) atoms. The van der Waals surface area contributed by atoms with E-state index in [0.29, 0.717) is 47.5 Å². The van der Waals surface area contributed by atoms with Crippen LogP contribution in [0.15, 0.2) is 41.3 Å². The first-order chi connectivity index (χ1) is 17.1. The molecule has 9 heteroatoms. The van der Waals surface area contributed by atoms with E-state index in [2.05, 4.69) is 29.1 Å². The van der Waals surface area contributed by atoms with Crippen LogP contribution in [0.3, 0.4) is 0 Å². The van der Waals surface area contributed by atoms with Crippen molar-refractivity contribution in [2.45, 2.75) is 53.0 Å². The number of amides is 2. The molecular formula is C27H34FN5O3. The lowest BCUT2D eigenvalue weighted by Gasteiger charge is -2.12. The molecule has 3 aromatic heterocycles. The van der Waals surface area contributed by atoms with E-state index < -0.39 is 5.82 Å². The van der Waals surface area contributed by atoms with E-state index in [1.54, 1.807) is 42.9 Å². The summed E-state index contributed by atoms with van der Waals surface area (Å²) in [5.74, 6) is -0.428. The van der Waals surface area contributed by atoms with Gasteiger partial charge in [0, 0.05) is 37.3 Å². The van der Waals surface area contributed by atoms with Gasteiger partial charge in [0.25, 0.3) is 5.56 Å². The highest BCUT2D eigenvalue weighted by Gasteiger charge is 2.15. The van der Waals surface area contributed by atoms with Crippen LogP contribution in [-0.2, 0) is 22.6 Å². The fraction of sp³-hybridized carbons (Fsp3) is 0.407. The van der Waals surface area contributed by atoms with Gasteiger partial charge >= 0.3 is 0 Å². The Morgan fingerprint density at radius 2 is 2.03 bits per heavy atom. The third kappa shape index (κ3) is 6.68. The lowest BCUT2D eigenvalue weighted by molar-refractivity contribution is -0.123. The predicted molar refractivity (Wildman–Crippen MR) is 139 cm³/mol. The number of nitrogens with zero attached hydrogens (tertiary/aromatic N) is 3. The number of carbonyl (C=O) groups excluding carboxylic acids is 2. The number of unbranched alkanes of at least 4 members (excludes halogenated alkanes) is 1. The maximum absolute atomic E-state index is 14.4. The van der Waals surface area contributed by atoms with Crippen molar-refractivity contribution in [3.05, 3.63) is 69.8 Å². The van der Waals surface area contributed by atoms with Crippen LogP contribution in [0.1, 0.15) is 50.2 Å². The molecule has 0 unspecified atom stereocenters. The number of rotatable bonds is 10. The van der Waals surface area contributed by atoms with Crippen LogP contribution in [0, 0.1) is 18.7 Å². The largest absolute Gasteiger partial charge is 0.355 e. The zero-order chi connectivity index (χ0) is 26.4. The monoisotopic (exact) mass is 495 g/mol. The van der Waals surface area contributed by atoms with Gasteiger partial charge in [-0.05, 0) is 56.4 Å². The van der Waals surface area contributed by atoms with Crippen molar-refractivity contribution in [3.8, 4) is 0 Å². The molecule has 0 aliphatic carbocycles. The minimum absolute atomic E-state index is 0.107. The van der Waals surface area contributed by atoms with Gasteiger partial charge in [0.2, 0.25) is 11.8 Å².